The largest absolute Gasteiger partial charge is 0.496 e. The van der Waals surface area contributed by atoms with E-state index in [4.69, 9.17) is 15.2 Å². The highest BCUT2D eigenvalue weighted by atomic mass is 16.5. The van der Waals surface area contributed by atoms with Gasteiger partial charge in [0.25, 0.3) is 0 Å². The summed E-state index contributed by atoms with van der Waals surface area (Å²) < 4.78 is 11.3. The molecule has 0 radical (unpaired) electrons. The Morgan fingerprint density at radius 2 is 2.14 bits per heavy atom. The normalized spacial score (nSPS) is 24.5. The quantitative estimate of drug-likeness (QED) is 0.895. The fourth-order valence-corrected chi connectivity index (χ4v) is 3.84. The molecule has 2 aliphatic rings. The number of aliphatic hydroxyl groups is 1. The van der Waals surface area contributed by atoms with Crippen molar-refractivity contribution < 1.29 is 14.6 Å². The van der Waals surface area contributed by atoms with Crippen LogP contribution in [0.25, 0.3) is 0 Å². The van der Waals surface area contributed by atoms with Gasteiger partial charge in [0, 0.05) is 29.5 Å². The van der Waals surface area contributed by atoms with E-state index in [1.807, 2.05) is 12.1 Å². The Balaban J connectivity index is 1.99. The topological polar surface area (TPSA) is 64.7 Å². The van der Waals surface area contributed by atoms with Crippen molar-refractivity contribution in [2.45, 2.75) is 51.2 Å². The molecule has 4 heteroatoms. The number of nitrogens with two attached hydrogens (primary N) is 1. The lowest BCUT2D eigenvalue weighted by atomic mass is 9.77. The lowest BCUT2D eigenvalue weighted by Gasteiger charge is -2.34. The zero-order valence-electron chi connectivity index (χ0n) is 12.9. The molecule has 0 saturated heterocycles. The van der Waals surface area contributed by atoms with Crippen molar-refractivity contribution in [3.63, 3.8) is 0 Å². The van der Waals surface area contributed by atoms with Gasteiger partial charge >= 0.3 is 0 Å². The van der Waals surface area contributed by atoms with Gasteiger partial charge in [-0.15, -0.1) is 0 Å². The molecule has 1 saturated carbocycles. The summed E-state index contributed by atoms with van der Waals surface area (Å²) in [6.07, 6.45) is 4.70. The van der Waals surface area contributed by atoms with Gasteiger partial charge in [0.2, 0.25) is 0 Å². The van der Waals surface area contributed by atoms with E-state index >= 15 is 0 Å². The summed E-state index contributed by atoms with van der Waals surface area (Å²) in [6.45, 7) is 2.56. The molecule has 1 heterocycles. The van der Waals surface area contributed by atoms with Gasteiger partial charge < -0.3 is 20.3 Å². The van der Waals surface area contributed by atoms with E-state index in [1.54, 1.807) is 7.11 Å². The van der Waals surface area contributed by atoms with Crippen molar-refractivity contribution in [3.05, 3.63) is 23.3 Å². The van der Waals surface area contributed by atoms with Crippen LogP contribution in [0.4, 0.5) is 0 Å². The van der Waals surface area contributed by atoms with Crippen LogP contribution in [0, 0.1) is 5.41 Å². The van der Waals surface area contributed by atoms with Crippen LogP contribution in [0.1, 0.15) is 49.8 Å². The van der Waals surface area contributed by atoms with E-state index in [1.165, 1.54) is 0 Å². The molecule has 0 aromatic heterocycles. The van der Waals surface area contributed by atoms with E-state index < -0.39 is 6.10 Å². The highest BCUT2D eigenvalue weighted by Gasteiger charge is 2.41. The van der Waals surface area contributed by atoms with Gasteiger partial charge in [0.15, 0.2) is 0 Å². The number of methoxy groups -OCH3 is 1. The highest BCUT2D eigenvalue weighted by molar-refractivity contribution is 5.50. The summed E-state index contributed by atoms with van der Waals surface area (Å²) in [5.74, 6) is 1.63. The summed E-state index contributed by atoms with van der Waals surface area (Å²) in [5, 5.41) is 11.0. The van der Waals surface area contributed by atoms with Crippen molar-refractivity contribution >= 4 is 0 Å². The minimum absolute atomic E-state index is 0.187. The first-order valence-electron chi connectivity index (χ1n) is 7.85. The fraction of sp³-hybridized carbons (Fsp3) is 0.647. The number of benzene rings is 1. The van der Waals surface area contributed by atoms with Crippen LogP contribution in [0.5, 0.6) is 11.5 Å². The molecule has 1 aliphatic carbocycles. The van der Waals surface area contributed by atoms with Crippen LogP contribution in [-0.4, -0.2) is 24.9 Å². The first-order valence-corrected chi connectivity index (χ1v) is 7.85. The van der Waals surface area contributed by atoms with E-state index in [9.17, 15) is 5.11 Å². The van der Waals surface area contributed by atoms with E-state index in [0.29, 0.717) is 6.54 Å². The van der Waals surface area contributed by atoms with E-state index in [2.05, 4.69) is 6.92 Å². The Morgan fingerprint density at radius 1 is 1.43 bits per heavy atom. The van der Waals surface area contributed by atoms with Crippen molar-refractivity contribution in [3.8, 4) is 11.5 Å². The minimum atomic E-state index is -0.593. The predicted molar refractivity (Wildman–Crippen MR) is 81.7 cm³/mol. The molecule has 1 aliphatic heterocycles. The van der Waals surface area contributed by atoms with E-state index in [0.717, 1.165) is 54.7 Å². The minimum Gasteiger partial charge on any atom is -0.496 e. The number of rotatable bonds is 4. The fourth-order valence-electron chi connectivity index (χ4n) is 3.84. The van der Waals surface area contributed by atoms with E-state index in [-0.39, 0.29) is 11.5 Å². The molecule has 21 heavy (non-hydrogen) atoms. The van der Waals surface area contributed by atoms with Gasteiger partial charge in [0.05, 0.1) is 13.2 Å². The molecule has 0 amide bonds. The smallest absolute Gasteiger partial charge is 0.125 e. The monoisotopic (exact) mass is 291 g/mol. The highest BCUT2D eigenvalue weighted by Crippen LogP contribution is 2.50. The third-order valence-electron chi connectivity index (χ3n) is 5.13. The predicted octanol–water partition coefficient (Wildman–Crippen LogP) is 2.57. The Labute approximate surface area is 126 Å². The SMILES string of the molecule is COc1cc2c(cc1C(O)C1(CN)CCCC1)OC(C)C2. The molecule has 0 bridgehead atoms. The average molecular weight is 291 g/mol. The summed E-state index contributed by atoms with van der Waals surface area (Å²) >= 11 is 0. The molecular weight excluding hydrogens is 266 g/mol. The molecule has 1 aromatic rings. The lowest BCUT2D eigenvalue weighted by molar-refractivity contribution is 0.0313. The molecule has 3 rings (SSSR count). The van der Waals surface area contributed by atoms with Gasteiger partial charge in [-0.25, -0.2) is 0 Å². The van der Waals surface area contributed by atoms with Crippen molar-refractivity contribution in [1.82, 2.24) is 0 Å². The first-order chi connectivity index (χ1) is 10.1. The Morgan fingerprint density at radius 3 is 2.76 bits per heavy atom. The second-order valence-corrected chi connectivity index (χ2v) is 6.51. The maximum Gasteiger partial charge on any atom is 0.125 e. The number of hydrogen-bond donors (Lipinski definition) is 2. The summed E-state index contributed by atoms with van der Waals surface area (Å²) in [5.41, 5.74) is 7.76. The van der Waals surface area contributed by atoms with Gasteiger partial charge in [-0.3, -0.25) is 0 Å². The maximum absolute atomic E-state index is 11.0. The molecule has 3 N–H and O–H groups in total. The zero-order chi connectivity index (χ0) is 15.0. The molecular formula is C17H25NO3. The first kappa shape index (κ1) is 14.7. The Hall–Kier alpha value is -1.26. The summed E-state index contributed by atoms with van der Waals surface area (Å²) in [4.78, 5) is 0. The molecule has 1 fully saturated rings. The van der Waals surface area contributed by atoms with Gasteiger partial charge in [-0.1, -0.05) is 12.8 Å². The summed E-state index contributed by atoms with van der Waals surface area (Å²) in [7, 11) is 1.65. The van der Waals surface area contributed by atoms with Crippen LogP contribution >= 0.6 is 0 Å². The van der Waals surface area contributed by atoms with Crippen molar-refractivity contribution in [2.24, 2.45) is 11.1 Å². The van der Waals surface area contributed by atoms with Crippen LogP contribution in [0.3, 0.4) is 0 Å². The zero-order valence-corrected chi connectivity index (χ0v) is 12.9. The molecule has 116 valence electrons. The standard InChI is InChI=1S/C17H25NO3/c1-11-7-12-8-15(20-2)13(9-14(12)21-11)16(19)17(10-18)5-3-4-6-17/h8-9,11,16,19H,3-7,10,18H2,1-2H3. The molecule has 2 unspecified atom stereocenters. The van der Waals surface area contributed by atoms with Gasteiger partial charge in [0.1, 0.15) is 17.6 Å². The Bertz CT molecular complexity index is 523. The average Bonchev–Trinajstić information content (AvgIpc) is 3.10. The lowest BCUT2D eigenvalue weighted by Crippen LogP contribution is -2.34. The van der Waals surface area contributed by atoms with Crippen LogP contribution in [-0.2, 0) is 6.42 Å². The number of hydrogen-bond acceptors (Lipinski definition) is 4. The third kappa shape index (κ3) is 2.40. The van der Waals surface area contributed by atoms with Crippen LogP contribution < -0.4 is 15.2 Å². The maximum atomic E-state index is 11.0. The number of aliphatic hydroxyl groups excluding tert-OH is 1. The number of fused-ring (bicyclic) bond motifs is 1. The van der Waals surface area contributed by atoms with Crippen LogP contribution in [0.15, 0.2) is 12.1 Å². The number of ether oxygens (including phenoxy) is 2. The Kier molecular flexibility index (Phi) is 3.84. The van der Waals surface area contributed by atoms with Gasteiger partial charge in [-0.05, 0) is 31.9 Å². The molecule has 1 aromatic carbocycles. The second-order valence-electron chi connectivity index (χ2n) is 6.51. The van der Waals surface area contributed by atoms with Gasteiger partial charge in [-0.2, -0.15) is 0 Å². The summed E-state index contributed by atoms with van der Waals surface area (Å²) in [6, 6.07) is 3.97. The molecule has 0 spiro atoms. The van der Waals surface area contributed by atoms with Crippen LogP contribution in [0.2, 0.25) is 0 Å². The molecule has 2 atom stereocenters. The second kappa shape index (κ2) is 5.50. The third-order valence-corrected chi connectivity index (χ3v) is 5.13. The molecule has 4 nitrogen and oxygen atoms in total. The van der Waals surface area contributed by atoms with Crippen molar-refractivity contribution in [2.75, 3.05) is 13.7 Å². The van der Waals surface area contributed by atoms with Crippen molar-refractivity contribution in [1.29, 1.82) is 0 Å².